The van der Waals surface area contributed by atoms with Crippen LogP contribution in [-0.2, 0) is 16.5 Å². The molecule has 1 saturated carbocycles. The fourth-order valence-corrected chi connectivity index (χ4v) is 4.80. The lowest BCUT2D eigenvalue weighted by Crippen LogP contribution is -2.49. The molecule has 1 aliphatic carbocycles. The van der Waals surface area contributed by atoms with E-state index < -0.39 is 0 Å². The highest BCUT2D eigenvalue weighted by Crippen LogP contribution is 2.30. The highest BCUT2D eigenvalue weighted by molar-refractivity contribution is 5.93. The quantitative estimate of drug-likeness (QED) is 0.575. The average Bonchev–Trinajstić information content (AvgIpc) is 3.48. The van der Waals surface area contributed by atoms with E-state index in [2.05, 4.69) is 26.0 Å². The topological polar surface area (TPSA) is 88.5 Å². The zero-order valence-electron chi connectivity index (χ0n) is 19.2. The van der Waals surface area contributed by atoms with Crippen molar-refractivity contribution < 1.29 is 14.3 Å². The summed E-state index contributed by atoms with van der Waals surface area (Å²) < 4.78 is 13.1. The number of ether oxygens (including phenoxy) is 2. The number of rotatable bonds is 6. The second-order valence-electron chi connectivity index (χ2n) is 8.90. The molecule has 0 atom stereocenters. The van der Waals surface area contributed by atoms with Crippen LogP contribution in [0.1, 0.15) is 32.1 Å². The summed E-state index contributed by atoms with van der Waals surface area (Å²) >= 11 is 0. The Balaban J connectivity index is 1.14. The molecule has 0 spiro atoms. The van der Waals surface area contributed by atoms with E-state index in [0.717, 1.165) is 53.9 Å². The Morgan fingerprint density at radius 3 is 2.73 bits per heavy atom. The normalized spacial score (nSPS) is 17.6. The Labute approximate surface area is 193 Å². The standard InChI is InChI=1S/C24H32N6O3/c1-28-17-18(16-26-28)21-15-20-22(7-8-25-23(20)27-21)29-9-11-30(12-10-29)24(31)33-14-13-32-19-5-3-2-4-6-19/h7-8,15-17,19H,2-6,9-14H2,1H3,(H,25,27). The number of hydrogen-bond acceptors (Lipinski definition) is 6. The van der Waals surface area contributed by atoms with Crippen LogP contribution < -0.4 is 4.90 Å². The van der Waals surface area contributed by atoms with E-state index in [1.165, 1.54) is 19.3 Å². The molecule has 0 radical (unpaired) electrons. The smallest absolute Gasteiger partial charge is 0.409 e. The maximum absolute atomic E-state index is 12.5. The Morgan fingerprint density at radius 1 is 1.15 bits per heavy atom. The molecule has 3 aromatic heterocycles. The number of H-pyrrole nitrogens is 1. The van der Waals surface area contributed by atoms with Crippen molar-refractivity contribution in [2.75, 3.05) is 44.3 Å². The van der Waals surface area contributed by atoms with Gasteiger partial charge in [-0.3, -0.25) is 4.68 Å². The van der Waals surface area contributed by atoms with Crippen LogP contribution in [0.25, 0.3) is 22.3 Å². The van der Waals surface area contributed by atoms with Gasteiger partial charge >= 0.3 is 6.09 Å². The molecule has 1 saturated heterocycles. The molecule has 0 bridgehead atoms. The lowest BCUT2D eigenvalue weighted by atomic mass is 9.98. The van der Waals surface area contributed by atoms with Gasteiger partial charge in [-0.25, -0.2) is 9.78 Å². The lowest BCUT2D eigenvalue weighted by Gasteiger charge is -2.35. The van der Waals surface area contributed by atoms with Gasteiger partial charge in [-0.15, -0.1) is 0 Å². The molecular weight excluding hydrogens is 420 g/mol. The minimum Gasteiger partial charge on any atom is -0.447 e. The Morgan fingerprint density at radius 2 is 1.97 bits per heavy atom. The maximum Gasteiger partial charge on any atom is 0.409 e. The summed E-state index contributed by atoms with van der Waals surface area (Å²) in [6.45, 7) is 3.57. The number of amides is 1. The lowest BCUT2D eigenvalue weighted by molar-refractivity contribution is -0.00135. The summed E-state index contributed by atoms with van der Waals surface area (Å²) in [5.74, 6) is 0. The number of nitrogens with one attached hydrogen (secondary N) is 1. The van der Waals surface area contributed by atoms with Crippen LogP contribution in [0.3, 0.4) is 0 Å². The van der Waals surface area contributed by atoms with Crippen molar-refractivity contribution in [2.45, 2.75) is 38.2 Å². The molecule has 0 aromatic carbocycles. The van der Waals surface area contributed by atoms with Gasteiger partial charge in [0.05, 0.1) is 24.6 Å². The average molecular weight is 453 g/mol. The van der Waals surface area contributed by atoms with Gasteiger partial charge in [0.2, 0.25) is 0 Å². The first-order valence-corrected chi connectivity index (χ1v) is 11.9. The van der Waals surface area contributed by atoms with Crippen LogP contribution in [0.4, 0.5) is 10.5 Å². The molecule has 176 valence electrons. The first-order valence-electron chi connectivity index (χ1n) is 11.9. The van der Waals surface area contributed by atoms with Crippen LogP contribution in [0.2, 0.25) is 0 Å². The van der Waals surface area contributed by atoms with E-state index in [-0.39, 0.29) is 6.09 Å². The van der Waals surface area contributed by atoms with Crippen LogP contribution in [0.5, 0.6) is 0 Å². The highest BCUT2D eigenvalue weighted by atomic mass is 16.6. The fraction of sp³-hybridized carbons (Fsp3) is 0.542. The second-order valence-corrected chi connectivity index (χ2v) is 8.90. The van der Waals surface area contributed by atoms with Crippen molar-refractivity contribution in [3.63, 3.8) is 0 Å². The third-order valence-corrected chi connectivity index (χ3v) is 6.62. The van der Waals surface area contributed by atoms with Gasteiger partial charge in [-0.2, -0.15) is 5.10 Å². The summed E-state index contributed by atoms with van der Waals surface area (Å²) in [5, 5.41) is 5.34. The maximum atomic E-state index is 12.5. The van der Waals surface area contributed by atoms with E-state index in [1.54, 1.807) is 9.58 Å². The molecule has 2 aliphatic rings. The van der Waals surface area contributed by atoms with Gasteiger partial charge in [0.1, 0.15) is 12.3 Å². The van der Waals surface area contributed by atoms with E-state index >= 15 is 0 Å². The van der Waals surface area contributed by atoms with Crippen molar-refractivity contribution in [2.24, 2.45) is 7.05 Å². The summed E-state index contributed by atoms with van der Waals surface area (Å²) in [7, 11) is 1.91. The van der Waals surface area contributed by atoms with Crippen molar-refractivity contribution in [1.82, 2.24) is 24.6 Å². The molecular formula is C24H32N6O3. The molecule has 2 fully saturated rings. The third-order valence-electron chi connectivity index (χ3n) is 6.62. The number of aryl methyl sites for hydroxylation is 1. The number of nitrogens with zero attached hydrogens (tertiary/aromatic N) is 5. The molecule has 9 nitrogen and oxygen atoms in total. The monoisotopic (exact) mass is 452 g/mol. The second kappa shape index (κ2) is 9.82. The van der Waals surface area contributed by atoms with Gasteiger partial charge in [0.25, 0.3) is 0 Å². The van der Waals surface area contributed by atoms with Crippen LogP contribution in [-0.4, -0.2) is 76.2 Å². The van der Waals surface area contributed by atoms with Gasteiger partial charge in [-0.05, 0) is 25.0 Å². The van der Waals surface area contributed by atoms with Crippen molar-refractivity contribution >= 4 is 22.8 Å². The van der Waals surface area contributed by atoms with Crippen molar-refractivity contribution in [3.8, 4) is 11.3 Å². The number of fused-ring (bicyclic) bond motifs is 1. The van der Waals surface area contributed by atoms with Crippen LogP contribution in [0.15, 0.2) is 30.7 Å². The van der Waals surface area contributed by atoms with E-state index in [9.17, 15) is 4.79 Å². The highest BCUT2D eigenvalue weighted by Gasteiger charge is 2.24. The first kappa shape index (κ1) is 21.8. The summed E-state index contributed by atoms with van der Waals surface area (Å²) in [6.07, 6.45) is 11.8. The largest absolute Gasteiger partial charge is 0.447 e. The molecule has 1 aliphatic heterocycles. The summed E-state index contributed by atoms with van der Waals surface area (Å²) in [6, 6.07) is 4.17. The number of hydrogen-bond donors (Lipinski definition) is 1. The zero-order chi connectivity index (χ0) is 22.6. The van der Waals surface area contributed by atoms with E-state index in [1.807, 2.05) is 31.7 Å². The Bertz CT molecular complexity index is 1080. The Hall–Kier alpha value is -3.07. The molecule has 3 aromatic rings. The third kappa shape index (κ3) is 4.98. The number of aromatic amines is 1. The minimum absolute atomic E-state index is 0.248. The summed E-state index contributed by atoms with van der Waals surface area (Å²) in [5.41, 5.74) is 4.00. The van der Waals surface area contributed by atoms with E-state index in [4.69, 9.17) is 9.47 Å². The van der Waals surface area contributed by atoms with Crippen LogP contribution >= 0.6 is 0 Å². The van der Waals surface area contributed by atoms with Crippen molar-refractivity contribution in [1.29, 1.82) is 0 Å². The molecule has 4 heterocycles. The number of pyridine rings is 1. The minimum atomic E-state index is -0.248. The molecule has 0 unspecified atom stereocenters. The SMILES string of the molecule is Cn1cc(-c2cc3c(N4CCN(C(=O)OCCOC5CCCCC5)CC4)ccnc3[nH]2)cn1. The number of anilines is 1. The fourth-order valence-electron chi connectivity index (χ4n) is 4.80. The molecule has 5 rings (SSSR count). The van der Waals surface area contributed by atoms with Crippen LogP contribution in [0, 0.1) is 0 Å². The number of carbonyl (C=O) groups excluding carboxylic acids is 1. The zero-order valence-corrected chi connectivity index (χ0v) is 19.2. The van der Waals surface area contributed by atoms with Gasteiger partial charge < -0.3 is 24.3 Å². The molecule has 1 amide bonds. The van der Waals surface area contributed by atoms with E-state index in [0.29, 0.717) is 32.4 Å². The van der Waals surface area contributed by atoms with Gasteiger partial charge in [-0.1, -0.05) is 19.3 Å². The summed E-state index contributed by atoms with van der Waals surface area (Å²) in [4.78, 5) is 24.5. The number of aromatic nitrogens is 4. The predicted molar refractivity (Wildman–Crippen MR) is 126 cm³/mol. The van der Waals surface area contributed by atoms with Gasteiger partial charge in [0.15, 0.2) is 0 Å². The number of carbonyl (C=O) groups is 1. The van der Waals surface area contributed by atoms with Gasteiger partial charge in [0, 0.05) is 62.3 Å². The van der Waals surface area contributed by atoms with Crippen molar-refractivity contribution in [3.05, 3.63) is 30.7 Å². The molecule has 33 heavy (non-hydrogen) atoms. The predicted octanol–water partition coefficient (Wildman–Crippen LogP) is 3.57. The number of piperazine rings is 1. The molecule has 1 N–H and O–H groups in total. The molecule has 9 heteroatoms. The first-order chi connectivity index (χ1) is 16.2. The Kier molecular flexibility index (Phi) is 6.48.